The van der Waals surface area contributed by atoms with Gasteiger partial charge < -0.3 is 10.6 Å². The first-order valence-electron chi connectivity index (χ1n) is 7.41. The summed E-state index contributed by atoms with van der Waals surface area (Å²) in [5.74, 6) is 2.52. The van der Waals surface area contributed by atoms with E-state index < -0.39 is 0 Å². The minimum atomic E-state index is 0.673. The molecule has 112 valence electrons. The van der Waals surface area contributed by atoms with Gasteiger partial charge in [0.25, 0.3) is 0 Å². The molecule has 2 aromatic heterocycles. The van der Waals surface area contributed by atoms with Crippen LogP contribution in [0.25, 0.3) is 0 Å². The third-order valence-electron chi connectivity index (χ3n) is 3.39. The number of rotatable bonds is 6. The summed E-state index contributed by atoms with van der Waals surface area (Å²) in [6.45, 7) is 9.65. The van der Waals surface area contributed by atoms with Gasteiger partial charge >= 0.3 is 0 Å². The van der Waals surface area contributed by atoms with E-state index in [1.54, 1.807) is 0 Å². The Kier molecular flexibility index (Phi) is 5.09. The maximum absolute atomic E-state index is 4.50. The summed E-state index contributed by atoms with van der Waals surface area (Å²) in [7, 11) is 0. The summed E-state index contributed by atoms with van der Waals surface area (Å²) >= 11 is 0. The highest BCUT2D eigenvalue weighted by atomic mass is 15.1. The smallest absolute Gasteiger partial charge is 0.135 e. The third-order valence-corrected chi connectivity index (χ3v) is 3.39. The van der Waals surface area contributed by atoms with Crippen molar-refractivity contribution >= 4 is 11.6 Å². The van der Waals surface area contributed by atoms with Gasteiger partial charge in [-0.3, -0.25) is 4.98 Å². The molecule has 0 fully saturated rings. The molecule has 0 aliphatic heterocycles. The second kappa shape index (κ2) is 7.02. The van der Waals surface area contributed by atoms with Crippen molar-refractivity contribution in [3.63, 3.8) is 0 Å². The fourth-order valence-electron chi connectivity index (χ4n) is 2.26. The molecule has 0 aromatic carbocycles. The van der Waals surface area contributed by atoms with Crippen molar-refractivity contribution < 1.29 is 0 Å². The molecule has 2 N–H and O–H groups in total. The molecule has 21 heavy (non-hydrogen) atoms. The largest absolute Gasteiger partial charge is 0.370 e. The summed E-state index contributed by atoms with van der Waals surface area (Å²) in [5.41, 5.74) is 3.37. The molecule has 0 aliphatic carbocycles. The second-order valence-corrected chi connectivity index (χ2v) is 4.94. The second-order valence-electron chi connectivity index (χ2n) is 4.94. The van der Waals surface area contributed by atoms with Crippen LogP contribution in [0.2, 0.25) is 0 Å². The Labute approximate surface area is 126 Å². The Morgan fingerprint density at radius 2 is 1.76 bits per heavy atom. The molecule has 5 heteroatoms. The lowest BCUT2D eigenvalue weighted by Crippen LogP contribution is -2.11. The molecule has 2 rings (SSSR count). The van der Waals surface area contributed by atoms with Crippen LogP contribution in [0.4, 0.5) is 11.6 Å². The first-order chi connectivity index (χ1) is 10.2. The van der Waals surface area contributed by atoms with E-state index in [1.165, 1.54) is 5.56 Å². The van der Waals surface area contributed by atoms with E-state index >= 15 is 0 Å². The minimum Gasteiger partial charge on any atom is -0.370 e. The molecule has 0 radical (unpaired) electrons. The molecule has 0 unspecified atom stereocenters. The number of aromatic nitrogens is 3. The lowest BCUT2D eigenvalue weighted by Gasteiger charge is -2.14. The molecular formula is C16H23N5. The zero-order chi connectivity index (χ0) is 15.2. The summed E-state index contributed by atoms with van der Waals surface area (Å²) < 4.78 is 0. The van der Waals surface area contributed by atoms with Gasteiger partial charge in [-0.25, -0.2) is 9.97 Å². The maximum Gasteiger partial charge on any atom is 0.135 e. The number of nitrogens with zero attached hydrogens (tertiary/aromatic N) is 3. The number of aryl methyl sites for hydroxylation is 2. The number of nitrogens with one attached hydrogen (secondary N) is 2. The minimum absolute atomic E-state index is 0.673. The number of hydrogen-bond donors (Lipinski definition) is 2. The topological polar surface area (TPSA) is 62.7 Å². The standard InChI is InChI=1S/C16H23N5/c1-5-13-8-7-9-18-14(13)10-19-16-11(3)15(17-6-2)20-12(4)21-16/h7-9H,5-6,10H2,1-4H3,(H2,17,19,20,21). The van der Waals surface area contributed by atoms with Crippen molar-refractivity contribution in [3.05, 3.63) is 41.0 Å². The fourth-order valence-corrected chi connectivity index (χ4v) is 2.26. The van der Waals surface area contributed by atoms with Crippen LogP contribution >= 0.6 is 0 Å². The number of hydrogen-bond acceptors (Lipinski definition) is 5. The SMILES string of the molecule is CCNc1nc(C)nc(NCc2ncccc2CC)c1C. The van der Waals surface area contributed by atoms with Gasteiger partial charge in [0.1, 0.15) is 17.5 Å². The molecular weight excluding hydrogens is 262 g/mol. The Balaban J connectivity index is 2.20. The van der Waals surface area contributed by atoms with E-state index in [1.807, 2.05) is 26.1 Å². The van der Waals surface area contributed by atoms with Crippen LogP contribution in [0.1, 0.15) is 36.5 Å². The zero-order valence-electron chi connectivity index (χ0n) is 13.2. The first kappa shape index (κ1) is 15.2. The van der Waals surface area contributed by atoms with Gasteiger partial charge in [0.15, 0.2) is 0 Å². The van der Waals surface area contributed by atoms with Crippen LogP contribution in [0.5, 0.6) is 0 Å². The van der Waals surface area contributed by atoms with Crippen LogP contribution in [-0.4, -0.2) is 21.5 Å². The Hall–Kier alpha value is -2.17. The van der Waals surface area contributed by atoms with E-state index in [0.717, 1.165) is 41.7 Å². The van der Waals surface area contributed by atoms with Crippen LogP contribution < -0.4 is 10.6 Å². The monoisotopic (exact) mass is 285 g/mol. The molecule has 2 aromatic rings. The molecule has 0 saturated heterocycles. The highest BCUT2D eigenvalue weighted by molar-refractivity contribution is 5.57. The summed E-state index contributed by atoms with van der Waals surface area (Å²) in [5, 5.41) is 6.66. The third kappa shape index (κ3) is 3.68. The average Bonchev–Trinajstić information content (AvgIpc) is 2.49. The van der Waals surface area contributed by atoms with Gasteiger partial charge in [0.05, 0.1) is 12.2 Å². The van der Waals surface area contributed by atoms with Crippen molar-refractivity contribution in [2.24, 2.45) is 0 Å². The van der Waals surface area contributed by atoms with E-state index in [-0.39, 0.29) is 0 Å². The van der Waals surface area contributed by atoms with Crippen LogP contribution in [0, 0.1) is 13.8 Å². The summed E-state index contributed by atoms with van der Waals surface area (Å²) in [6.07, 6.45) is 2.81. The van der Waals surface area contributed by atoms with Gasteiger partial charge in [0.2, 0.25) is 0 Å². The lowest BCUT2D eigenvalue weighted by molar-refractivity contribution is 0.945. The molecule has 0 spiro atoms. The zero-order valence-corrected chi connectivity index (χ0v) is 13.2. The van der Waals surface area contributed by atoms with Crippen LogP contribution in [0.15, 0.2) is 18.3 Å². The molecule has 5 nitrogen and oxygen atoms in total. The van der Waals surface area contributed by atoms with E-state index in [0.29, 0.717) is 6.54 Å². The van der Waals surface area contributed by atoms with E-state index in [9.17, 15) is 0 Å². The number of pyridine rings is 1. The Morgan fingerprint density at radius 3 is 2.43 bits per heavy atom. The predicted molar refractivity (Wildman–Crippen MR) is 86.6 cm³/mol. The normalized spacial score (nSPS) is 10.5. The average molecular weight is 285 g/mol. The maximum atomic E-state index is 4.50. The molecule has 0 aliphatic rings. The number of anilines is 2. The fraction of sp³-hybridized carbons (Fsp3) is 0.438. The summed E-state index contributed by atoms with van der Waals surface area (Å²) in [6, 6.07) is 4.10. The summed E-state index contributed by atoms with van der Waals surface area (Å²) in [4.78, 5) is 13.4. The lowest BCUT2D eigenvalue weighted by atomic mass is 10.1. The van der Waals surface area contributed by atoms with Crippen molar-refractivity contribution in [2.45, 2.75) is 40.7 Å². The van der Waals surface area contributed by atoms with Crippen molar-refractivity contribution in [1.29, 1.82) is 0 Å². The van der Waals surface area contributed by atoms with Crippen LogP contribution in [0.3, 0.4) is 0 Å². The highest BCUT2D eigenvalue weighted by Crippen LogP contribution is 2.20. The molecule has 0 saturated carbocycles. The van der Waals surface area contributed by atoms with Gasteiger partial charge in [-0.15, -0.1) is 0 Å². The van der Waals surface area contributed by atoms with Crippen molar-refractivity contribution in [3.8, 4) is 0 Å². The van der Waals surface area contributed by atoms with Gasteiger partial charge in [-0.05, 0) is 38.8 Å². The van der Waals surface area contributed by atoms with Gasteiger partial charge in [-0.2, -0.15) is 0 Å². The quantitative estimate of drug-likeness (QED) is 0.854. The van der Waals surface area contributed by atoms with Crippen LogP contribution in [-0.2, 0) is 13.0 Å². The van der Waals surface area contributed by atoms with E-state index in [4.69, 9.17) is 0 Å². The highest BCUT2D eigenvalue weighted by Gasteiger charge is 2.09. The molecule has 0 amide bonds. The molecule has 0 bridgehead atoms. The first-order valence-corrected chi connectivity index (χ1v) is 7.41. The Bertz CT molecular complexity index is 610. The van der Waals surface area contributed by atoms with Gasteiger partial charge in [0, 0.05) is 18.3 Å². The molecule has 0 atom stereocenters. The van der Waals surface area contributed by atoms with Crippen molar-refractivity contribution in [1.82, 2.24) is 15.0 Å². The van der Waals surface area contributed by atoms with Crippen molar-refractivity contribution in [2.75, 3.05) is 17.2 Å². The van der Waals surface area contributed by atoms with Gasteiger partial charge in [-0.1, -0.05) is 13.0 Å². The van der Waals surface area contributed by atoms with E-state index in [2.05, 4.69) is 45.5 Å². The Morgan fingerprint density at radius 1 is 1.05 bits per heavy atom. The predicted octanol–water partition coefficient (Wildman–Crippen LogP) is 3.09. The molecule has 2 heterocycles.